The summed E-state index contributed by atoms with van der Waals surface area (Å²) in [4.78, 5) is 0. The van der Waals surface area contributed by atoms with Crippen molar-refractivity contribution in [3.8, 4) is 22.9 Å². The van der Waals surface area contributed by atoms with Gasteiger partial charge in [0.05, 0.1) is 13.7 Å². The summed E-state index contributed by atoms with van der Waals surface area (Å²) >= 11 is 9.45. The third-order valence-corrected chi connectivity index (χ3v) is 4.03. The van der Waals surface area contributed by atoms with Crippen LogP contribution in [-0.2, 0) is 0 Å². The van der Waals surface area contributed by atoms with Gasteiger partial charge in [-0.1, -0.05) is 54.7 Å². The molecule has 2 aromatic carbocycles. The number of hydrogen-bond acceptors (Lipinski definition) is 6. The van der Waals surface area contributed by atoms with Crippen LogP contribution in [0.4, 0.5) is 11.4 Å². The van der Waals surface area contributed by atoms with E-state index in [1.807, 2.05) is 61.5 Å². The van der Waals surface area contributed by atoms with Crippen LogP contribution in [0, 0.1) is 0 Å². The van der Waals surface area contributed by atoms with Crippen LogP contribution in [0.3, 0.4) is 0 Å². The summed E-state index contributed by atoms with van der Waals surface area (Å²) in [5.74, 6) is 1.02. The molecule has 8 heteroatoms. The Hall–Kier alpha value is -2.71. The van der Waals surface area contributed by atoms with Crippen molar-refractivity contribution < 1.29 is 9.47 Å². The zero-order chi connectivity index (χ0) is 19.2. The molecule has 1 heterocycles. The Morgan fingerprint density at radius 3 is 2.48 bits per heavy atom. The number of azo groups is 1. The molecule has 0 radical (unpaired) electrons. The molecular weight excluding hydrogens is 380 g/mol. The lowest BCUT2D eigenvalue weighted by Crippen LogP contribution is -2.07. The summed E-state index contributed by atoms with van der Waals surface area (Å²) in [6.45, 7) is 2.30. The van der Waals surface area contributed by atoms with E-state index in [9.17, 15) is 0 Å². The standard InChI is InChI=1S/C19H18N4O2S2/c1-3-25-18-17(21-20-14-11-7-8-12-15(14)24-2)16(22-23(18)19(26)27)13-9-5-4-6-10-13/h4-12H,3H2,1-2H3,(H,26,27). The third kappa shape index (κ3) is 4.17. The molecule has 138 valence electrons. The zero-order valence-electron chi connectivity index (χ0n) is 14.9. The van der Waals surface area contributed by atoms with Gasteiger partial charge in [-0.05, 0) is 19.1 Å². The van der Waals surface area contributed by atoms with Crippen LogP contribution in [-0.4, -0.2) is 27.8 Å². The molecule has 0 atom stereocenters. The van der Waals surface area contributed by atoms with Gasteiger partial charge >= 0.3 is 0 Å². The smallest absolute Gasteiger partial charge is 0.247 e. The fourth-order valence-electron chi connectivity index (χ4n) is 2.49. The van der Waals surface area contributed by atoms with Gasteiger partial charge in [0.25, 0.3) is 0 Å². The van der Waals surface area contributed by atoms with Gasteiger partial charge in [-0.15, -0.1) is 22.9 Å². The lowest BCUT2D eigenvalue weighted by atomic mass is 10.1. The number of aromatic nitrogens is 2. The SMILES string of the molecule is CCOc1c(N=Nc2ccccc2OC)c(-c2ccccc2)nn1C(=S)S. The van der Waals surface area contributed by atoms with Gasteiger partial charge in [0.1, 0.15) is 17.1 Å². The minimum absolute atomic E-state index is 0.259. The first-order valence-corrected chi connectivity index (χ1v) is 9.10. The molecular formula is C19H18N4O2S2. The average Bonchev–Trinajstić information content (AvgIpc) is 3.06. The molecule has 0 bridgehead atoms. The Bertz CT molecular complexity index is 971. The van der Waals surface area contributed by atoms with E-state index in [2.05, 4.69) is 28.0 Å². The average molecular weight is 399 g/mol. The molecule has 0 fully saturated rings. The number of rotatable bonds is 6. The highest BCUT2D eigenvalue weighted by Crippen LogP contribution is 2.40. The Labute approximate surface area is 168 Å². The summed E-state index contributed by atoms with van der Waals surface area (Å²) < 4.78 is 12.8. The van der Waals surface area contributed by atoms with E-state index in [-0.39, 0.29) is 4.32 Å². The largest absolute Gasteiger partial charge is 0.494 e. The van der Waals surface area contributed by atoms with Gasteiger partial charge in [0.2, 0.25) is 5.88 Å². The molecule has 3 rings (SSSR count). The first-order chi connectivity index (χ1) is 13.2. The van der Waals surface area contributed by atoms with Crippen molar-refractivity contribution >= 4 is 40.5 Å². The molecule has 0 N–H and O–H groups in total. The molecule has 6 nitrogen and oxygen atoms in total. The summed E-state index contributed by atoms with van der Waals surface area (Å²) in [6, 6.07) is 17.0. The molecule has 0 aliphatic rings. The van der Waals surface area contributed by atoms with E-state index < -0.39 is 0 Å². The molecule has 27 heavy (non-hydrogen) atoms. The van der Waals surface area contributed by atoms with Crippen LogP contribution in [0.1, 0.15) is 6.92 Å². The van der Waals surface area contributed by atoms with Crippen LogP contribution in [0.25, 0.3) is 11.3 Å². The van der Waals surface area contributed by atoms with Crippen LogP contribution < -0.4 is 9.47 Å². The quantitative estimate of drug-likeness (QED) is 0.341. The molecule has 0 amide bonds. The Balaban J connectivity index is 2.16. The number of thiocarbonyl (C=S) groups is 1. The maximum Gasteiger partial charge on any atom is 0.247 e. The second-order valence-electron chi connectivity index (χ2n) is 5.37. The highest BCUT2D eigenvalue weighted by Gasteiger charge is 2.22. The van der Waals surface area contributed by atoms with Gasteiger partial charge < -0.3 is 9.47 Å². The Morgan fingerprint density at radius 2 is 1.81 bits per heavy atom. The first-order valence-electron chi connectivity index (χ1n) is 8.25. The number of nitrogens with zero attached hydrogens (tertiary/aromatic N) is 4. The zero-order valence-corrected chi connectivity index (χ0v) is 16.6. The normalized spacial score (nSPS) is 10.9. The monoisotopic (exact) mass is 398 g/mol. The van der Waals surface area contributed by atoms with Gasteiger partial charge in [0, 0.05) is 5.56 Å². The number of para-hydroxylation sites is 1. The fourth-order valence-corrected chi connectivity index (χ4v) is 2.75. The van der Waals surface area contributed by atoms with Crippen LogP contribution in [0.15, 0.2) is 64.8 Å². The predicted octanol–water partition coefficient (Wildman–Crippen LogP) is 5.44. The van der Waals surface area contributed by atoms with Gasteiger partial charge in [-0.2, -0.15) is 9.78 Å². The first kappa shape index (κ1) is 19.1. The molecule has 0 spiro atoms. The molecule has 0 aliphatic carbocycles. The number of hydrogen-bond donors (Lipinski definition) is 1. The number of methoxy groups -OCH3 is 1. The van der Waals surface area contributed by atoms with Gasteiger partial charge in [0.15, 0.2) is 10.0 Å². The van der Waals surface area contributed by atoms with E-state index in [4.69, 9.17) is 21.7 Å². The van der Waals surface area contributed by atoms with Crippen LogP contribution >= 0.6 is 24.8 Å². The summed E-state index contributed by atoms with van der Waals surface area (Å²) in [5, 5.41) is 13.3. The molecule has 0 aliphatic heterocycles. The van der Waals surface area contributed by atoms with Crippen molar-refractivity contribution in [2.24, 2.45) is 10.2 Å². The predicted molar refractivity (Wildman–Crippen MR) is 113 cm³/mol. The van der Waals surface area contributed by atoms with Crippen molar-refractivity contribution in [2.45, 2.75) is 6.92 Å². The topological polar surface area (TPSA) is 61.0 Å². The number of thiol groups is 1. The highest BCUT2D eigenvalue weighted by molar-refractivity contribution is 8.11. The molecule has 0 saturated carbocycles. The third-order valence-electron chi connectivity index (χ3n) is 3.67. The van der Waals surface area contributed by atoms with Crippen molar-refractivity contribution in [3.05, 3.63) is 54.6 Å². The maximum atomic E-state index is 5.76. The van der Waals surface area contributed by atoms with Crippen LogP contribution in [0.5, 0.6) is 11.6 Å². The minimum atomic E-state index is 0.259. The minimum Gasteiger partial charge on any atom is -0.494 e. The van der Waals surface area contributed by atoms with Crippen molar-refractivity contribution in [2.75, 3.05) is 13.7 Å². The van der Waals surface area contributed by atoms with E-state index in [1.54, 1.807) is 7.11 Å². The highest BCUT2D eigenvalue weighted by atomic mass is 32.1. The van der Waals surface area contributed by atoms with Gasteiger partial charge in [-0.3, -0.25) is 0 Å². The van der Waals surface area contributed by atoms with E-state index in [0.717, 1.165) is 5.56 Å². The number of ether oxygens (including phenoxy) is 2. The van der Waals surface area contributed by atoms with Crippen molar-refractivity contribution in [3.63, 3.8) is 0 Å². The second kappa shape index (κ2) is 8.79. The van der Waals surface area contributed by atoms with Crippen molar-refractivity contribution in [1.82, 2.24) is 9.78 Å². The fraction of sp³-hybridized carbons (Fsp3) is 0.158. The second-order valence-corrected chi connectivity index (χ2v) is 6.48. The molecule has 1 aromatic heterocycles. The van der Waals surface area contributed by atoms with E-state index in [1.165, 1.54) is 4.68 Å². The molecule has 0 saturated heterocycles. The molecule has 0 unspecified atom stereocenters. The van der Waals surface area contributed by atoms with E-state index >= 15 is 0 Å². The lowest BCUT2D eigenvalue weighted by Gasteiger charge is -2.06. The Kier molecular flexibility index (Phi) is 6.20. The van der Waals surface area contributed by atoms with Gasteiger partial charge in [-0.25, -0.2) is 0 Å². The number of benzene rings is 2. The maximum absolute atomic E-state index is 5.76. The summed E-state index contributed by atoms with van der Waals surface area (Å²) in [5.41, 5.74) is 2.55. The summed E-state index contributed by atoms with van der Waals surface area (Å²) in [6.07, 6.45) is 0. The van der Waals surface area contributed by atoms with Crippen molar-refractivity contribution in [1.29, 1.82) is 0 Å². The lowest BCUT2D eigenvalue weighted by molar-refractivity contribution is 0.321. The Morgan fingerprint density at radius 1 is 1.11 bits per heavy atom. The van der Waals surface area contributed by atoms with E-state index in [0.29, 0.717) is 35.3 Å². The molecule has 3 aromatic rings. The van der Waals surface area contributed by atoms with Crippen LogP contribution in [0.2, 0.25) is 0 Å². The summed E-state index contributed by atoms with van der Waals surface area (Å²) in [7, 11) is 1.59.